The number of hydrogen-bond donors (Lipinski definition) is 0. The fourth-order valence-electron chi connectivity index (χ4n) is 3.26. The van der Waals surface area contributed by atoms with E-state index in [9.17, 15) is 4.79 Å². The first-order valence-corrected chi connectivity index (χ1v) is 6.67. The van der Waals surface area contributed by atoms with Gasteiger partial charge in [-0.3, -0.25) is 4.79 Å². The second-order valence-corrected chi connectivity index (χ2v) is 5.42. The number of likely N-dealkylation sites (N-methyl/N-ethyl adjacent to an activating group) is 1. The van der Waals surface area contributed by atoms with Gasteiger partial charge in [-0.1, -0.05) is 0 Å². The molecule has 1 aliphatic heterocycles. The van der Waals surface area contributed by atoms with Gasteiger partial charge in [0, 0.05) is 36.5 Å². The van der Waals surface area contributed by atoms with Crippen molar-refractivity contribution in [3.8, 4) is 0 Å². The van der Waals surface area contributed by atoms with Crippen LogP contribution in [-0.2, 0) is 6.42 Å². The lowest BCUT2D eigenvalue weighted by Gasteiger charge is -2.32. The van der Waals surface area contributed by atoms with Crippen LogP contribution < -0.4 is 0 Å². The molecule has 0 amide bonds. The Morgan fingerprint density at radius 3 is 3.00 bits per heavy atom. The number of piperidine rings is 1. The van der Waals surface area contributed by atoms with Crippen LogP contribution in [0.4, 0.5) is 0 Å². The predicted octanol–water partition coefficient (Wildman–Crippen LogP) is 2.27. The number of fused-ring (bicyclic) bond motifs is 1. The second-order valence-electron chi connectivity index (χ2n) is 5.42. The van der Waals surface area contributed by atoms with Crippen molar-refractivity contribution in [1.82, 2.24) is 9.47 Å². The van der Waals surface area contributed by atoms with E-state index >= 15 is 0 Å². The number of Topliss-reactive ketones (excluding diaryl/α,β-unsaturated/α-hetero) is 1. The molecule has 0 bridgehead atoms. The van der Waals surface area contributed by atoms with Crippen molar-refractivity contribution in [1.29, 1.82) is 0 Å². The highest BCUT2D eigenvalue weighted by Crippen LogP contribution is 2.28. The molecule has 1 aliphatic carbocycles. The number of carbonyl (C=O) groups excluding carboxylic acids is 1. The van der Waals surface area contributed by atoms with Gasteiger partial charge in [0.25, 0.3) is 0 Å². The minimum atomic E-state index is 0.342. The molecule has 3 nitrogen and oxygen atoms in total. The maximum absolute atomic E-state index is 11.8. The van der Waals surface area contributed by atoms with E-state index in [0.29, 0.717) is 11.8 Å². The largest absolute Gasteiger partial charge is 0.346 e. The van der Waals surface area contributed by atoms with Gasteiger partial charge in [0.15, 0.2) is 5.78 Å². The summed E-state index contributed by atoms with van der Waals surface area (Å²) in [6.07, 6.45) is 7.49. The van der Waals surface area contributed by atoms with E-state index in [-0.39, 0.29) is 0 Å². The molecule has 17 heavy (non-hydrogen) atoms. The molecule has 1 fully saturated rings. The van der Waals surface area contributed by atoms with Crippen LogP contribution in [0.5, 0.6) is 0 Å². The lowest BCUT2D eigenvalue weighted by molar-refractivity contribution is 0.0971. The lowest BCUT2D eigenvalue weighted by Crippen LogP contribution is -2.34. The maximum atomic E-state index is 11.8. The van der Waals surface area contributed by atoms with E-state index in [0.717, 1.165) is 31.4 Å². The van der Waals surface area contributed by atoms with E-state index < -0.39 is 0 Å². The molecule has 1 unspecified atom stereocenters. The molecule has 0 saturated carbocycles. The fraction of sp³-hybridized carbons (Fsp3) is 0.643. The summed E-state index contributed by atoms with van der Waals surface area (Å²) in [5, 5.41) is 0. The molecule has 1 aromatic heterocycles. The molecule has 3 heteroatoms. The van der Waals surface area contributed by atoms with E-state index in [1.807, 2.05) is 6.07 Å². The average molecular weight is 232 g/mol. The van der Waals surface area contributed by atoms with E-state index in [4.69, 9.17) is 0 Å². The smallest absolute Gasteiger partial charge is 0.164 e. The zero-order chi connectivity index (χ0) is 11.8. The molecule has 2 aliphatic rings. The van der Waals surface area contributed by atoms with Crippen molar-refractivity contribution < 1.29 is 4.79 Å². The number of rotatable bonds is 1. The molecule has 2 heterocycles. The molecular formula is C14H20N2O. The standard InChI is InChI=1S/C14H20N2O/c1-15-8-3-4-11(10-15)16-9-7-12-13(16)5-2-6-14(12)17/h7,9,11H,2-6,8,10H2,1H3. The summed E-state index contributed by atoms with van der Waals surface area (Å²) in [6.45, 7) is 2.33. The highest BCUT2D eigenvalue weighted by molar-refractivity contribution is 5.98. The van der Waals surface area contributed by atoms with Gasteiger partial charge in [-0.05, 0) is 45.3 Å². The first kappa shape index (κ1) is 11.0. The van der Waals surface area contributed by atoms with Crippen molar-refractivity contribution in [2.45, 2.75) is 38.1 Å². The summed E-state index contributed by atoms with van der Waals surface area (Å²) in [5.74, 6) is 0.342. The molecule has 0 radical (unpaired) electrons. The Morgan fingerprint density at radius 2 is 2.18 bits per heavy atom. The number of nitrogens with zero attached hydrogens (tertiary/aromatic N) is 2. The molecule has 1 atom stereocenters. The van der Waals surface area contributed by atoms with Gasteiger partial charge in [-0.2, -0.15) is 0 Å². The van der Waals surface area contributed by atoms with E-state index in [1.54, 1.807) is 0 Å². The van der Waals surface area contributed by atoms with Gasteiger partial charge in [-0.25, -0.2) is 0 Å². The first-order chi connectivity index (χ1) is 8.25. The zero-order valence-corrected chi connectivity index (χ0v) is 10.5. The van der Waals surface area contributed by atoms with Crippen molar-refractivity contribution in [3.05, 3.63) is 23.5 Å². The van der Waals surface area contributed by atoms with Crippen molar-refractivity contribution in [2.24, 2.45) is 0 Å². The Balaban J connectivity index is 1.90. The monoisotopic (exact) mass is 232 g/mol. The Hall–Kier alpha value is -1.09. The fourth-order valence-corrected chi connectivity index (χ4v) is 3.26. The maximum Gasteiger partial charge on any atom is 0.164 e. The summed E-state index contributed by atoms with van der Waals surface area (Å²) in [5.41, 5.74) is 2.28. The molecule has 1 saturated heterocycles. The Morgan fingerprint density at radius 1 is 1.29 bits per heavy atom. The third kappa shape index (κ3) is 1.93. The Bertz CT molecular complexity index is 435. The zero-order valence-electron chi connectivity index (χ0n) is 10.5. The molecule has 3 rings (SSSR count). The van der Waals surface area contributed by atoms with Crippen LogP contribution in [0.2, 0.25) is 0 Å². The second kappa shape index (κ2) is 4.30. The van der Waals surface area contributed by atoms with Crippen LogP contribution in [0.1, 0.15) is 47.8 Å². The Labute approximate surface area is 102 Å². The summed E-state index contributed by atoms with van der Waals surface area (Å²) in [6, 6.07) is 2.61. The van der Waals surface area contributed by atoms with Crippen LogP contribution in [0, 0.1) is 0 Å². The number of carbonyl (C=O) groups is 1. The lowest BCUT2D eigenvalue weighted by atomic mass is 9.96. The van der Waals surface area contributed by atoms with Crippen molar-refractivity contribution in [2.75, 3.05) is 20.1 Å². The molecule has 0 aromatic carbocycles. The normalized spacial score (nSPS) is 25.9. The van der Waals surface area contributed by atoms with Crippen LogP contribution in [0.15, 0.2) is 12.3 Å². The van der Waals surface area contributed by atoms with Crippen molar-refractivity contribution >= 4 is 5.78 Å². The Kier molecular flexibility index (Phi) is 2.79. The van der Waals surface area contributed by atoms with Gasteiger partial charge in [-0.15, -0.1) is 0 Å². The first-order valence-electron chi connectivity index (χ1n) is 6.67. The summed E-state index contributed by atoms with van der Waals surface area (Å²) < 4.78 is 2.38. The minimum Gasteiger partial charge on any atom is -0.346 e. The van der Waals surface area contributed by atoms with Crippen LogP contribution in [0.3, 0.4) is 0 Å². The van der Waals surface area contributed by atoms with Gasteiger partial charge < -0.3 is 9.47 Å². The molecule has 0 N–H and O–H groups in total. The van der Waals surface area contributed by atoms with Gasteiger partial charge in [0.1, 0.15) is 0 Å². The van der Waals surface area contributed by atoms with Crippen LogP contribution >= 0.6 is 0 Å². The summed E-state index contributed by atoms with van der Waals surface area (Å²) >= 11 is 0. The molecular weight excluding hydrogens is 212 g/mol. The van der Waals surface area contributed by atoms with E-state index in [1.165, 1.54) is 25.1 Å². The SMILES string of the molecule is CN1CCCC(n2ccc3c2CCCC3=O)C1. The third-order valence-corrected chi connectivity index (χ3v) is 4.14. The number of aromatic nitrogens is 1. The third-order valence-electron chi connectivity index (χ3n) is 4.14. The van der Waals surface area contributed by atoms with E-state index in [2.05, 4.69) is 22.7 Å². The van der Waals surface area contributed by atoms with Gasteiger partial charge in [0.2, 0.25) is 0 Å². The highest BCUT2D eigenvalue weighted by atomic mass is 16.1. The van der Waals surface area contributed by atoms with Crippen LogP contribution in [0.25, 0.3) is 0 Å². The van der Waals surface area contributed by atoms with Gasteiger partial charge >= 0.3 is 0 Å². The summed E-state index contributed by atoms with van der Waals surface area (Å²) in [7, 11) is 2.19. The topological polar surface area (TPSA) is 25.2 Å². The summed E-state index contributed by atoms with van der Waals surface area (Å²) in [4.78, 5) is 14.2. The number of ketones is 1. The predicted molar refractivity (Wildman–Crippen MR) is 67.5 cm³/mol. The molecule has 0 spiro atoms. The minimum absolute atomic E-state index is 0.342. The van der Waals surface area contributed by atoms with Crippen LogP contribution in [-0.4, -0.2) is 35.4 Å². The quantitative estimate of drug-likeness (QED) is 0.742. The van der Waals surface area contributed by atoms with Crippen molar-refractivity contribution in [3.63, 3.8) is 0 Å². The molecule has 1 aromatic rings. The average Bonchev–Trinajstić information content (AvgIpc) is 2.74. The van der Waals surface area contributed by atoms with Gasteiger partial charge in [0.05, 0.1) is 0 Å². The highest BCUT2D eigenvalue weighted by Gasteiger charge is 2.25. The number of hydrogen-bond acceptors (Lipinski definition) is 2. The number of likely N-dealkylation sites (tertiary alicyclic amines) is 1. The molecule has 92 valence electrons.